The standard InChI is InChI=1S/C21H26N2O3/c1-7-15-8-17(10-19-20(15)13(4)14(5)21(24)26-19)25-11-16-9-18(12(2)3)23(6)22-16/h8-10,12H,7,11H2,1-6H3. The first-order valence-corrected chi connectivity index (χ1v) is 9.04. The molecule has 0 amide bonds. The van der Waals surface area contributed by atoms with Crippen molar-refractivity contribution < 1.29 is 9.15 Å². The predicted octanol–water partition coefficient (Wildman–Crippen LogP) is 4.41. The van der Waals surface area contributed by atoms with Crippen LogP contribution in [0.2, 0.25) is 0 Å². The van der Waals surface area contributed by atoms with Gasteiger partial charge < -0.3 is 9.15 Å². The van der Waals surface area contributed by atoms with Gasteiger partial charge in [-0.25, -0.2) is 4.79 Å². The van der Waals surface area contributed by atoms with E-state index < -0.39 is 0 Å². The zero-order valence-electron chi connectivity index (χ0n) is 16.3. The van der Waals surface area contributed by atoms with Crippen molar-refractivity contribution in [2.45, 2.75) is 53.6 Å². The van der Waals surface area contributed by atoms with Gasteiger partial charge in [0.25, 0.3) is 0 Å². The van der Waals surface area contributed by atoms with Crippen molar-refractivity contribution in [3.63, 3.8) is 0 Å². The third-order valence-corrected chi connectivity index (χ3v) is 4.93. The minimum absolute atomic E-state index is 0.291. The number of fused-ring (bicyclic) bond motifs is 1. The molecule has 5 nitrogen and oxygen atoms in total. The van der Waals surface area contributed by atoms with Gasteiger partial charge in [-0.05, 0) is 49.4 Å². The van der Waals surface area contributed by atoms with Crippen LogP contribution >= 0.6 is 0 Å². The molecular weight excluding hydrogens is 328 g/mol. The van der Waals surface area contributed by atoms with E-state index in [1.807, 2.05) is 24.7 Å². The fourth-order valence-corrected chi connectivity index (χ4v) is 3.34. The van der Waals surface area contributed by atoms with Crippen LogP contribution < -0.4 is 10.4 Å². The largest absolute Gasteiger partial charge is 0.487 e. The maximum Gasteiger partial charge on any atom is 0.339 e. The molecule has 0 saturated heterocycles. The maximum atomic E-state index is 12.0. The van der Waals surface area contributed by atoms with Crippen LogP contribution in [0.3, 0.4) is 0 Å². The molecule has 0 aliphatic heterocycles. The molecule has 0 unspecified atom stereocenters. The highest BCUT2D eigenvalue weighted by molar-refractivity contribution is 5.86. The lowest BCUT2D eigenvalue weighted by molar-refractivity contribution is 0.299. The monoisotopic (exact) mass is 354 g/mol. The number of hydrogen-bond donors (Lipinski definition) is 0. The molecule has 3 aromatic rings. The fourth-order valence-electron chi connectivity index (χ4n) is 3.34. The van der Waals surface area contributed by atoms with Gasteiger partial charge in [0.2, 0.25) is 0 Å². The molecule has 0 aliphatic rings. The summed E-state index contributed by atoms with van der Waals surface area (Å²) >= 11 is 0. The van der Waals surface area contributed by atoms with E-state index in [4.69, 9.17) is 9.15 Å². The van der Waals surface area contributed by atoms with E-state index in [9.17, 15) is 4.79 Å². The minimum atomic E-state index is -0.291. The van der Waals surface area contributed by atoms with Crippen LogP contribution in [0.1, 0.15) is 54.8 Å². The molecule has 2 heterocycles. The van der Waals surface area contributed by atoms with Gasteiger partial charge in [0, 0.05) is 29.8 Å². The zero-order chi connectivity index (χ0) is 19.0. The third-order valence-electron chi connectivity index (χ3n) is 4.93. The predicted molar refractivity (Wildman–Crippen MR) is 103 cm³/mol. The van der Waals surface area contributed by atoms with Crippen molar-refractivity contribution in [2.75, 3.05) is 0 Å². The number of rotatable bonds is 5. The minimum Gasteiger partial charge on any atom is -0.487 e. The van der Waals surface area contributed by atoms with Crippen LogP contribution in [0.15, 0.2) is 27.4 Å². The van der Waals surface area contributed by atoms with E-state index in [2.05, 4.69) is 31.9 Å². The van der Waals surface area contributed by atoms with Crippen molar-refractivity contribution >= 4 is 11.0 Å². The Morgan fingerprint density at radius 3 is 2.54 bits per heavy atom. The molecule has 0 aliphatic carbocycles. The van der Waals surface area contributed by atoms with E-state index in [1.165, 1.54) is 5.69 Å². The summed E-state index contributed by atoms with van der Waals surface area (Å²) in [5.74, 6) is 1.10. The molecule has 0 spiro atoms. The van der Waals surface area contributed by atoms with E-state index in [0.29, 0.717) is 29.4 Å². The number of benzene rings is 1. The average Bonchev–Trinajstić information content (AvgIpc) is 2.98. The normalized spacial score (nSPS) is 11.5. The molecule has 138 valence electrons. The number of aromatic nitrogens is 2. The van der Waals surface area contributed by atoms with Crippen molar-refractivity contribution in [1.82, 2.24) is 9.78 Å². The van der Waals surface area contributed by atoms with Crippen molar-refractivity contribution in [1.29, 1.82) is 0 Å². The number of ether oxygens (including phenoxy) is 1. The molecule has 1 aromatic carbocycles. The number of aryl methyl sites for hydroxylation is 3. The van der Waals surface area contributed by atoms with Gasteiger partial charge in [0.15, 0.2) is 0 Å². The van der Waals surface area contributed by atoms with Gasteiger partial charge in [-0.1, -0.05) is 20.8 Å². The molecule has 0 radical (unpaired) electrons. The maximum absolute atomic E-state index is 12.0. The van der Waals surface area contributed by atoms with Crippen LogP contribution in [-0.2, 0) is 20.1 Å². The molecule has 26 heavy (non-hydrogen) atoms. The third kappa shape index (κ3) is 3.26. The van der Waals surface area contributed by atoms with Crippen LogP contribution in [-0.4, -0.2) is 9.78 Å². The highest BCUT2D eigenvalue weighted by Gasteiger charge is 2.14. The highest BCUT2D eigenvalue weighted by atomic mass is 16.5. The average molecular weight is 354 g/mol. The molecular formula is C21H26N2O3. The summed E-state index contributed by atoms with van der Waals surface area (Å²) in [7, 11) is 1.95. The summed E-state index contributed by atoms with van der Waals surface area (Å²) in [6.45, 7) is 10.5. The molecule has 5 heteroatoms. The summed E-state index contributed by atoms with van der Waals surface area (Å²) in [6.07, 6.45) is 0.836. The molecule has 0 fully saturated rings. The summed E-state index contributed by atoms with van der Waals surface area (Å²) in [5, 5.41) is 5.52. The van der Waals surface area contributed by atoms with Crippen molar-refractivity contribution in [3.8, 4) is 5.75 Å². The summed E-state index contributed by atoms with van der Waals surface area (Å²) in [4.78, 5) is 12.0. The highest BCUT2D eigenvalue weighted by Crippen LogP contribution is 2.29. The van der Waals surface area contributed by atoms with Crippen molar-refractivity contribution in [3.05, 3.63) is 56.7 Å². The first kappa shape index (κ1) is 18.2. The van der Waals surface area contributed by atoms with Gasteiger partial charge in [0.1, 0.15) is 23.6 Å². The lowest BCUT2D eigenvalue weighted by Gasteiger charge is -2.12. The Labute approximate surface area is 153 Å². The molecule has 0 N–H and O–H groups in total. The Kier molecular flexibility index (Phi) is 4.90. The summed E-state index contributed by atoms with van der Waals surface area (Å²) in [6, 6.07) is 5.90. The molecule has 0 bridgehead atoms. The summed E-state index contributed by atoms with van der Waals surface area (Å²) < 4.78 is 13.4. The Hall–Kier alpha value is -2.56. The van der Waals surface area contributed by atoms with E-state index in [-0.39, 0.29) is 5.63 Å². The Morgan fingerprint density at radius 1 is 1.19 bits per heavy atom. The van der Waals surface area contributed by atoms with Crippen LogP contribution in [0.4, 0.5) is 0 Å². The lowest BCUT2D eigenvalue weighted by Crippen LogP contribution is -2.07. The second-order valence-electron chi connectivity index (χ2n) is 7.08. The Morgan fingerprint density at radius 2 is 1.92 bits per heavy atom. The first-order valence-electron chi connectivity index (χ1n) is 9.04. The molecule has 3 rings (SSSR count). The van der Waals surface area contributed by atoms with E-state index in [0.717, 1.165) is 28.6 Å². The van der Waals surface area contributed by atoms with Gasteiger partial charge in [-0.3, -0.25) is 4.68 Å². The number of nitrogens with zero attached hydrogens (tertiary/aromatic N) is 2. The van der Waals surface area contributed by atoms with Crippen LogP contribution in [0.5, 0.6) is 5.75 Å². The van der Waals surface area contributed by atoms with Gasteiger partial charge >= 0.3 is 5.63 Å². The molecule has 2 aromatic heterocycles. The Bertz CT molecular complexity index is 1010. The van der Waals surface area contributed by atoms with Gasteiger partial charge in [-0.15, -0.1) is 0 Å². The lowest BCUT2D eigenvalue weighted by atomic mass is 10.00. The quantitative estimate of drug-likeness (QED) is 0.637. The Balaban J connectivity index is 1.95. The number of hydrogen-bond acceptors (Lipinski definition) is 4. The molecule has 0 saturated carbocycles. The van der Waals surface area contributed by atoms with Crippen LogP contribution in [0, 0.1) is 13.8 Å². The zero-order valence-corrected chi connectivity index (χ0v) is 16.3. The fraction of sp³-hybridized carbons (Fsp3) is 0.429. The SMILES string of the molecule is CCc1cc(OCc2cc(C(C)C)n(C)n2)cc2oc(=O)c(C)c(C)c12. The van der Waals surface area contributed by atoms with Gasteiger partial charge in [-0.2, -0.15) is 5.10 Å². The summed E-state index contributed by atoms with van der Waals surface area (Å²) in [5.41, 5.74) is 5.11. The smallest absolute Gasteiger partial charge is 0.339 e. The topological polar surface area (TPSA) is 57.3 Å². The second kappa shape index (κ2) is 6.98. The molecule has 0 atom stereocenters. The van der Waals surface area contributed by atoms with E-state index in [1.54, 1.807) is 13.0 Å². The van der Waals surface area contributed by atoms with Crippen molar-refractivity contribution in [2.24, 2.45) is 7.05 Å². The van der Waals surface area contributed by atoms with Crippen LogP contribution in [0.25, 0.3) is 11.0 Å². The first-order chi connectivity index (χ1) is 12.3. The second-order valence-corrected chi connectivity index (χ2v) is 7.08. The van der Waals surface area contributed by atoms with Gasteiger partial charge in [0.05, 0.1) is 0 Å². The van der Waals surface area contributed by atoms with E-state index >= 15 is 0 Å².